The molecule has 3 nitrogen and oxygen atoms in total. The highest BCUT2D eigenvalue weighted by Crippen LogP contribution is 2.47. The van der Waals surface area contributed by atoms with E-state index in [-0.39, 0.29) is 6.04 Å². The van der Waals surface area contributed by atoms with E-state index in [1.807, 2.05) is 6.92 Å². The van der Waals surface area contributed by atoms with Crippen LogP contribution in [0.4, 0.5) is 0 Å². The van der Waals surface area contributed by atoms with Gasteiger partial charge in [-0.15, -0.1) is 11.3 Å². The molecule has 1 fully saturated rings. The van der Waals surface area contributed by atoms with E-state index in [1.54, 1.807) is 11.3 Å². The molecule has 1 saturated carbocycles. The lowest BCUT2D eigenvalue weighted by Gasteiger charge is -2.09. The van der Waals surface area contributed by atoms with Crippen molar-refractivity contribution in [3.63, 3.8) is 0 Å². The van der Waals surface area contributed by atoms with E-state index in [4.69, 9.17) is 4.42 Å². The summed E-state index contributed by atoms with van der Waals surface area (Å²) >= 11 is 1.71. The summed E-state index contributed by atoms with van der Waals surface area (Å²) in [4.78, 5) is 4.50. The molecule has 0 bridgehead atoms. The molecular formula is C15H20N2OS. The van der Waals surface area contributed by atoms with Gasteiger partial charge >= 0.3 is 0 Å². The standard InChI is InChI=1S/C15H20N2OS/c1-9-6-13(9)14-5-4-12(18-14)7-16-11(3)15-17-10(2)8-19-15/h4-5,8-9,11,13,16H,6-7H2,1-3H3. The average molecular weight is 276 g/mol. The zero-order valence-electron chi connectivity index (χ0n) is 11.6. The number of hydrogen-bond donors (Lipinski definition) is 1. The Labute approximate surface area is 118 Å². The molecule has 0 aromatic carbocycles. The Balaban J connectivity index is 1.55. The number of nitrogens with one attached hydrogen (secondary N) is 1. The summed E-state index contributed by atoms with van der Waals surface area (Å²) in [6, 6.07) is 4.49. The molecule has 0 spiro atoms. The first-order valence-corrected chi connectivity index (χ1v) is 7.75. The Kier molecular flexibility index (Phi) is 3.46. The van der Waals surface area contributed by atoms with Crippen molar-refractivity contribution in [1.82, 2.24) is 10.3 Å². The van der Waals surface area contributed by atoms with E-state index in [0.717, 1.165) is 34.7 Å². The largest absolute Gasteiger partial charge is 0.464 e. The maximum Gasteiger partial charge on any atom is 0.117 e. The van der Waals surface area contributed by atoms with E-state index < -0.39 is 0 Å². The van der Waals surface area contributed by atoms with Crippen LogP contribution in [0.15, 0.2) is 21.9 Å². The van der Waals surface area contributed by atoms with Gasteiger partial charge in [-0.05, 0) is 38.3 Å². The Hall–Kier alpha value is -1.13. The van der Waals surface area contributed by atoms with Crippen molar-refractivity contribution < 1.29 is 4.42 Å². The Bertz CT molecular complexity index is 560. The second-order valence-electron chi connectivity index (χ2n) is 5.55. The molecule has 2 aromatic heterocycles. The van der Waals surface area contributed by atoms with E-state index in [2.05, 4.69) is 41.7 Å². The van der Waals surface area contributed by atoms with Crippen LogP contribution in [0.5, 0.6) is 0 Å². The molecule has 0 aliphatic heterocycles. The lowest BCUT2D eigenvalue weighted by molar-refractivity contribution is 0.430. The lowest BCUT2D eigenvalue weighted by Crippen LogP contribution is -2.17. The van der Waals surface area contributed by atoms with E-state index >= 15 is 0 Å². The maximum atomic E-state index is 5.89. The number of aromatic nitrogens is 1. The van der Waals surface area contributed by atoms with Crippen molar-refractivity contribution in [2.24, 2.45) is 5.92 Å². The van der Waals surface area contributed by atoms with Crippen LogP contribution in [0.25, 0.3) is 0 Å². The van der Waals surface area contributed by atoms with Gasteiger partial charge in [0.05, 0.1) is 12.6 Å². The summed E-state index contributed by atoms with van der Waals surface area (Å²) in [7, 11) is 0. The van der Waals surface area contributed by atoms with E-state index in [9.17, 15) is 0 Å². The summed E-state index contributed by atoms with van der Waals surface area (Å²) in [5.41, 5.74) is 1.09. The van der Waals surface area contributed by atoms with Gasteiger partial charge in [-0.2, -0.15) is 0 Å². The third-order valence-corrected chi connectivity index (χ3v) is 4.89. The minimum Gasteiger partial charge on any atom is -0.464 e. The minimum absolute atomic E-state index is 0.270. The van der Waals surface area contributed by atoms with Crippen LogP contribution in [0.2, 0.25) is 0 Å². The molecule has 3 rings (SSSR count). The first kappa shape index (κ1) is 12.9. The van der Waals surface area contributed by atoms with Gasteiger partial charge in [0.1, 0.15) is 16.5 Å². The van der Waals surface area contributed by atoms with Crippen LogP contribution in [0, 0.1) is 12.8 Å². The predicted octanol–water partition coefficient (Wildman–Crippen LogP) is 4.02. The van der Waals surface area contributed by atoms with Crippen molar-refractivity contribution in [2.45, 2.75) is 45.7 Å². The first-order valence-electron chi connectivity index (χ1n) is 6.87. The number of hydrogen-bond acceptors (Lipinski definition) is 4. The normalized spacial score (nSPS) is 23.5. The Morgan fingerprint density at radius 1 is 1.53 bits per heavy atom. The number of thiazole rings is 1. The third-order valence-electron chi connectivity index (χ3n) is 3.75. The zero-order chi connectivity index (χ0) is 13.4. The van der Waals surface area contributed by atoms with Crippen LogP contribution in [0.3, 0.4) is 0 Å². The molecular weight excluding hydrogens is 256 g/mol. The summed E-state index contributed by atoms with van der Waals surface area (Å²) < 4.78 is 5.89. The quantitative estimate of drug-likeness (QED) is 0.896. The second-order valence-corrected chi connectivity index (χ2v) is 6.44. The Morgan fingerprint density at radius 3 is 2.95 bits per heavy atom. The summed E-state index contributed by atoms with van der Waals surface area (Å²) in [5, 5.41) is 6.70. The molecule has 3 unspecified atom stereocenters. The average Bonchev–Trinajstić information content (AvgIpc) is 2.84. The fraction of sp³-hybridized carbons (Fsp3) is 0.533. The topological polar surface area (TPSA) is 38.1 Å². The summed E-state index contributed by atoms with van der Waals surface area (Å²) in [5.74, 6) is 3.63. The van der Waals surface area contributed by atoms with Crippen LogP contribution < -0.4 is 5.32 Å². The highest BCUT2D eigenvalue weighted by atomic mass is 32.1. The summed E-state index contributed by atoms with van der Waals surface area (Å²) in [6.45, 7) is 7.21. The van der Waals surface area contributed by atoms with Gasteiger partial charge in [0, 0.05) is 17.0 Å². The van der Waals surface area contributed by atoms with Gasteiger partial charge in [-0.3, -0.25) is 0 Å². The molecule has 0 saturated heterocycles. The van der Waals surface area contributed by atoms with Gasteiger partial charge in [-0.25, -0.2) is 4.98 Å². The van der Waals surface area contributed by atoms with E-state index in [0.29, 0.717) is 5.92 Å². The molecule has 2 aromatic rings. The maximum absolute atomic E-state index is 5.89. The fourth-order valence-electron chi connectivity index (χ4n) is 2.32. The SMILES string of the molecule is Cc1csc(C(C)NCc2ccc(C3CC3C)o2)n1. The molecule has 0 amide bonds. The van der Waals surface area contributed by atoms with Crippen LogP contribution in [-0.4, -0.2) is 4.98 Å². The number of rotatable bonds is 5. The molecule has 102 valence electrons. The molecule has 2 heterocycles. The highest BCUT2D eigenvalue weighted by molar-refractivity contribution is 7.09. The molecule has 3 atom stereocenters. The first-order chi connectivity index (χ1) is 9.13. The fourth-order valence-corrected chi connectivity index (χ4v) is 3.15. The van der Waals surface area contributed by atoms with Crippen LogP contribution >= 0.6 is 11.3 Å². The van der Waals surface area contributed by atoms with Gasteiger partial charge in [0.15, 0.2) is 0 Å². The van der Waals surface area contributed by atoms with Crippen LogP contribution in [0.1, 0.15) is 54.5 Å². The van der Waals surface area contributed by atoms with E-state index in [1.165, 1.54) is 6.42 Å². The Morgan fingerprint density at radius 2 is 2.32 bits per heavy atom. The molecule has 0 radical (unpaired) electrons. The molecule has 4 heteroatoms. The number of nitrogens with zero attached hydrogens (tertiary/aromatic N) is 1. The van der Waals surface area contributed by atoms with Crippen LogP contribution in [-0.2, 0) is 6.54 Å². The lowest BCUT2D eigenvalue weighted by atomic mass is 10.3. The number of aryl methyl sites for hydroxylation is 1. The summed E-state index contributed by atoms with van der Waals surface area (Å²) in [6.07, 6.45) is 1.27. The van der Waals surface area contributed by atoms with Gasteiger partial charge in [0.25, 0.3) is 0 Å². The van der Waals surface area contributed by atoms with Gasteiger partial charge < -0.3 is 9.73 Å². The molecule has 1 aliphatic rings. The molecule has 1 aliphatic carbocycles. The second kappa shape index (κ2) is 5.10. The van der Waals surface area contributed by atoms with Gasteiger partial charge in [-0.1, -0.05) is 6.92 Å². The minimum atomic E-state index is 0.270. The number of furan rings is 1. The van der Waals surface area contributed by atoms with Crippen molar-refractivity contribution >= 4 is 11.3 Å². The third kappa shape index (κ3) is 2.90. The molecule has 1 N–H and O–H groups in total. The van der Waals surface area contributed by atoms with Crippen molar-refractivity contribution in [1.29, 1.82) is 0 Å². The molecule has 19 heavy (non-hydrogen) atoms. The van der Waals surface area contributed by atoms with Crippen molar-refractivity contribution in [2.75, 3.05) is 0 Å². The zero-order valence-corrected chi connectivity index (χ0v) is 12.5. The van der Waals surface area contributed by atoms with Crippen molar-refractivity contribution in [3.05, 3.63) is 39.7 Å². The predicted molar refractivity (Wildman–Crippen MR) is 77.3 cm³/mol. The monoisotopic (exact) mass is 276 g/mol. The smallest absolute Gasteiger partial charge is 0.117 e. The van der Waals surface area contributed by atoms with Crippen molar-refractivity contribution in [3.8, 4) is 0 Å². The van der Waals surface area contributed by atoms with Gasteiger partial charge in [0.2, 0.25) is 0 Å². The highest BCUT2D eigenvalue weighted by Gasteiger charge is 2.36.